The van der Waals surface area contributed by atoms with E-state index in [0.29, 0.717) is 19.0 Å². The number of nitrogens with one attached hydrogen (secondary N) is 1. The fourth-order valence-corrected chi connectivity index (χ4v) is 3.10. The van der Waals surface area contributed by atoms with Crippen molar-refractivity contribution in [3.8, 4) is 0 Å². The fraction of sp³-hybridized carbons (Fsp3) is 0.562. The molecule has 1 unspecified atom stereocenters. The van der Waals surface area contributed by atoms with Gasteiger partial charge in [-0.2, -0.15) is 0 Å². The first-order valence-corrected chi connectivity index (χ1v) is 8.08. The van der Waals surface area contributed by atoms with Crippen LogP contribution < -0.4 is 16.8 Å². The number of nitrogens with two attached hydrogens (primary N) is 2. The van der Waals surface area contributed by atoms with Crippen LogP contribution in [-0.2, 0) is 4.74 Å². The molecule has 130 valence electrons. The molecule has 0 aliphatic carbocycles. The average Bonchev–Trinajstić information content (AvgIpc) is 2.54. The highest BCUT2D eigenvalue weighted by Gasteiger charge is 2.49. The van der Waals surface area contributed by atoms with Gasteiger partial charge in [-0.3, -0.25) is 4.90 Å². The highest BCUT2D eigenvalue weighted by molar-refractivity contribution is 6.09. The molecule has 2 aliphatic heterocycles. The molecular weight excluding hydrogens is 306 g/mol. The molecule has 0 spiro atoms. The molecule has 3 heterocycles. The summed E-state index contributed by atoms with van der Waals surface area (Å²) in [6.07, 6.45) is 5.14. The van der Waals surface area contributed by atoms with Crippen LogP contribution in [-0.4, -0.2) is 52.7 Å². The summed E-state index contributed by atoms with van der Waals surface area (Å²) in [4.78, 5) is 15.5. The molecule has 3 rings (SSSR count). The highest BCUT2D eigenvalue weighted by Crippen LogP contribution is 2.38. The lowest BCUT2D eigenvalue weighted by atomic mass is 9.84. The maximum atomic E-state index is 6.22. The molecule has 8 heteroatoms. The minimum Gasteiger partial charge on any atom is -0.385 e. The van der Waals surface area contributed by atoms with E-state index >= 15 is 0 Å². The van der Waals surface area contributed by atoms with Gasteiger partial charge in [-0.15, -0.1) is 0 Å². The van der Waals surface area contributed by atoms with Crippen molar-refractivity contribution in [1.29, 1.82) is 0 Å². The van der Waals surface area contributed by atoms with Gasteiger partial charge < -0.3 is 21.5 Å². The maximum absolute atomic E-state index is 6.22. The Hall–Kier alpha value is -2.19. The molecule has 1 atom stereocenters. The van der Waals surface area contributed by atoms with Gasteiger partial charge >= 0.3 is 0 Å². The predicted molar refractivity (Wildman–Crippen MR) is 93.0 cm³/mol. The summed E-state index contributed by atoms with van der Waals surface area (Å²) in [6.45, 7) is 9.37. The Labute approximate surface area is 142 Å². The average molecular weight is 331 g/mol. The third kappa shape index (κ3) is 2.94. The van der Waals surface area contributed by atoms with Gasteiger partial charge in [-0.1, -0.05) is 20.8 Å². The Kier molecular flexibility index (Phi) is 4.18. The predicted octanol–water partition coefficient (Wildman–Crippen LogP) is 0.283. The van der Waals surface area contributed by atoms with Crippen LogP contribution in [0, 0.1) is 5.41 Å². The van der Waals surface area contributed by atoms with E-state index in [1.807, 2.05) is 0 Å². The van der Waals surface area contributed by atoms with Crippen molar-refractivity contribution in [3.63, 3.8) is 0 Å². The lowest BCUT2D eigenvalue weighted by Gasteiger charge is -2.52. The SMILES string of the molecule is CC(C)(C)C1(N2CCOCC2)N=C(c2cnc(N)nc2)C=C(N)N1. The zero-order valence-corrected chi connectivity index (χ0v) is 14.4. The van der Waals surface area contributed by atoms with Gasteiger partial charge in [0.15, 0.2) is 5.79 Å². The molecule has 0 amide bonds. The second-order valence-corrected chi connectivity index (χ2v) is 7.07. The Morgan fingerprint density at radius 2 is 1.79 bits per heavy atom. The van der Waals surface area contributed by atoms with Gasteiger partial charge in [0.25, 0.3) is 0 Å². The fourth-order valence-electron chi connectivity index (χ4n) is 3.10. The van der Waals surface area contributed by atoms with Crippen molar-refractivity contribution in [2.24, 2.45) is 16.1 Å². The number of hydrogen-bond acceptors (Lipinski definition) is 8. The summed E-state index contributed by atoms with van der Waals surface area (Å²) >= 11 is 0. The quantitative estimate of drug-likeness (QED) is 0.713. The van der Waals surface area contributed by atoms with E-state index in [1.54, 1.807) is 18.5 Å². The second-order valence-electron chi connectivity index (χ2n) is 7.07. The molecule has 24 heavy (non-hydrogen) atoms. The Morgan fingerprint density at radius 1 is 1.17 bits per heavy atom. The van der Waals surface area contributed by atoms with Gasteiger partial charge in [-0.05, 0) is 0 Å². The summed E-state index contributed by atoms with van der Waals surface area (Å²) in [5, 5.41) is 3.41. The molecule has 1 aromatic rings. The lowest BCUT2D eigenvalue weighted by Crippen LogP contribution is -2.68. The lowest BCUT2D eigenvalue weighted by molar-refractivity contribution is -0.0785. The zero-order valence-electron chi connectivity index (χ0n) is 14.4. The largest absolute Gasteiger partial charge is 0.385 e. The van der Waals surface area contributed by atoms with Gasteiger partial charge in [0.1, 0.15) is 5.82 Å². The molecular formula is C16H25N7O. The van der Waals surface area contributed by atoms with E-state index in [1.165, 1.54) is 0 Å². The number of nitrogen functional groups attached to an aromatic ring is 1. The topological polar surface area (TPSA) is 115 Å². The first kappa shape index (κ1) is 16.7. The van der Waals surface area contributed by atoms with Crippen LogP contribution in [0.15, 0.2) is 29.3 Å². The van der Waals surface area contributed by atoms with E-state index in [2.05, 4.69) is 41.0 Å². The Balaban J connectivity index is 2.08. The van der Waals surface area contributed by atoms with Crippen molar-refractivity contribution in [1.82, 2.24) is 20.2 Å². The van der Waals surface area contributed by atoms with Crippen molar-refractivity contribution in [2.75, 3.05) is 32.0 Å². The standard InChI is InChI=1S/C16H25N7O/c1-15(2,3)16(23-4-6-24-7-5-23)21-12(8-13(17)22-16)11-9-19-14(18)20-10-11/h8-10,22H,4-7,17H2,1-3H3,(H2,18,19,20). The van der Waals surface area contributed by atoms with E-state index in [4.69, 9.17) is 21.2 Å². The Morgan fingerprint density at radius 3 is 2.38 bits per heavy atom. The monoisotopic (exact) mass is 331 g/mol. The number of anilines is 1. The van der Waals surface area contributed by atoms with E-state index in [0.717, 1.165) is 24.4 Å². The van der Waals surface area contributed by atoms with Crippen molar-refractivity contribution in [2.45, 2.75) is 26.6 Å². The summed E-state index contributed by atoms with van der Waals surface area (Å²) in [5.41, 5.74) is 13.1. The molecule has 0 radical (unpaired) electrons. The van der Waals surface area contributed by atoms with E-state index in [9.17, 15) is 0 Å². The van der Waals surface area contributed by atoms with Crippen LogP contribution in [0.2, 0.25) is 0 Å². The van der Waals surface area contributed by atoms with Crippen LogP contribution in [0.3, 0.4) is 0 Å². The first-order chi connectivity index (χ1) is 11.3. The van der Waals surface area contributed by atoms with Crippen LogP contribution in [0.5, 0.6) is 0 Å². The van der Waals surface area contributed by atoms with Gasteiger partial charge in [0, 0.05) is 42.5 Å². The number of aromatic nitrogens is 2. The smallest absolute Gasteiger partial charge is 0.219 e. The van der Waals surface area contributed by atoms with Crippen LogP contribution in [0.4, 0.5) is 5.95 Å². The van der Waals surface area contributed by atoms with Crippen molar-refractivity contribution >= 4 is 11.7 Å². The Bertz CT molecular complexity index is 656. The zero-order chi connectivity index (χ0) is 17.4. The van der Waals surface area contributed by atoms with Crippen molar-refractivity contribution < 1.29 is 4.74 Å². The molecule has 5 N–H and O–H groups in total. The second kappa shape index (κ2) is 6.03. The third-order valence-corrected chi connectivity index (χ3v) is 4.38. The molecule has 1 aromatic heterocycles. The van der Waals surface area contributed by atoms with E-state index < -0.39 is 5.79 Å². The van der Waals surface area contributed by atoms with Crippen LogP contribution in [0.25, 0.3) is 0 Å². The van der Waals surface area contributed by atoms with Gasteiger partial charge in [0.05, 0.1) is 18.9 Å². The summed E-state index contributed by atoms with van der Waals surface area (Å²) < 4.78 is 5.50. The molecule has 0 aromatic carbocycles. The maximum Gasteiger partial charge on any atom is 0.219 e. The number of aliphatic imine (C=N–C) groups is 1. The van der Waals surface area contributed by atoms with Gasteiger partial charge in [-0.25, -0.2) is 15.0 Å². The number of nitrogens with zero attached hydrogens (tertiary/aromatic N) is 4. The minimum atomic E-state index is -0.660. The number of ether oxygens (including phenoxy) is 1. The van der Waals surface area contributed by atoms with Crippen molar-refractivity contribution in [3.05, 3.63) is 29.9 Å². The summed E-state index contributed by atoms with van der Waals surface area (Å²) in [5.74, 6) is 0.144. The van der Waals surface area contributed by atoms with Crippen LogP contribution >= 0.6 is 0 Å². The van der Waals surface area contributed by atoms with E-state index in [-0.39, 0.29) is 11.4 Å². The number of rotatable bonds is 2. The molecule has 1 saturated heterocycles. The molecule has 2 aliphatic rings. The molecule has 0 bridgehead atoms. The number of allylic oxidation sites excluding steroid dienone is 1. The number of hydrogen-bond donors (Lipinski definition) is 3. The summed E-state index contributed by atoms with van der Waals surface area (Å²) in [7, 11) is 0. The normalized spacial score (nSPS) is 25.6. The molecule has 0 saturated carbocycles. The first-order valence-electron chi connectivity index (χ1n) is 8.08. The molecule has 8 nitrogen and oxygen atoms in total. The third-order valence-electron chi connectivity index (χ3n) is 4.38. The highest BCUT2D eigenvalue weighted by atomic mass is 16.5. The van der Waals surface area contributed by atoms with Gasteiger partial charge in [0.2, 0.25) is 5.95 Å². The minimum absolute atomic E-state index is 0.205. The van der Waals surface area contributed by atoms with Crippen LogP contribution in [0.1, 0.15) is 26.3 Å². The number of morpholine rings is 1. The molecule has 1 fully saturated rings. The summed E-state index contributed by atoms with van der Waals surface area (Å²) in [6, 6.07) is 0.